The molecule has 1 aliphatic rings. The van der Waals surface area contributed by atoms with Crippen molar-refractivity contribution in [2.24, 2.45) is 11.1 Å². The van der Waals surface area contributed by atoms with E-state index in [-0.39, 0.29) is 5.54 Å². The molecule has 1 rings (SSSR count). The summed E-state index contributed by atoms with van der Waals surface area (Å²) < 4.78 is 0. The van der Waals surface area contributed by atoms with Gasteiger partial charge < -0.3 is 5.73 Å². The summed E-state index contributed by atoms with van der Waals surface area (Å²) in [7, 11) is 2.28. The average molecular weight is 240 g/mol. The Kier molecular flexibility index (Phi) is 5.03. The Morgan fingerprint density at radius 1 is 1.18 bits per heavy atom. The van der Waals surface area contributed by atoms with Crippen molar-refractivity contribution in [1.82, 2.24) is 4.90 Å². The van der Waals surface area contributed by atoms with Crippen LogP contribution in [0.25, 0.3) is 0 Å². The van der Waals surface area contributed by atoms with E-state index in [9.17, 15) is 0 Å². The molecular weight excluding hydrogens is 208 g/mol. The topological polar surface area (TPSA) is 29.3 Å². The molecule has 2 nitrogen and oxygen atoms in total. The molecule has 1 atom stereocenters. The van der Waals surface area contributed by atoms with Gasteiger partial charge in [0, 0.05) is 18.1 Å². The van der Waals surface area contributed by atoms with Crippen LogP contribution in [0, 0.1) is 5.41 Å². The van der Waals surface area contributed by atoms with Crippen LogP contribution in [-0.2, 0) is 0 Å². The fraction of sp³-hybridized carbons (Fsp3) is 1.00. The van der Waals surface area contributed by atoms with Crippen molar-refractivity contribution in [3.05, 3.63) is 0 Å². The van der Waals surface area contributed by atoms with E-state index < -0.39 is 0 Å². The number of hydrogen-bond donors (Lipinski definition) is 1. The molecule has 1 unspecified atom stereocenters. The van der Waals surface area contributed by atoms with Gasteiger partial charge in [0.2, 0.25) is 0 Å². The predicted octanol–water partition coefficient (Wildman–Crippen LogP) is 3.40. The number of rotatable bonds is 5. The maximum absolute atomic E-state index is 6.12. The van der Waals surface area contributed by atoms with E-state index in [0.29, 0.717) is 11.5 Å². The molecule has 0 aromatic heterocycles. The van der Waals surface area contributed by atoms with Gasteiger partial charge in [-0.15, -0.1) is 0 Å². The first kappa shape index (κ1) is 15.0. The SMILES string of the molecule is CCCC(C)N(C)C1(CN)CCC(C)(C)CC1. The number of nitrogens with two attached hydrogens (primary N) is 1. The van der Waals surface area contributed by atoms with E-state index in [1.165, 1.54) is 38.5 Å². The first-order chi connectivity index (χ1) is 7.87. The molecule has 0 heterocycles. The van der Waals surface area contributed by atoms with E-state index >= 15 is 0 Å². The minimum atomic E-state index is 0.268. The minimum absolute atomic E-state index is 0.268. The van der Waals surface area contributed by atoms with Crippen molar-refractivity contribution >= 4 is 0 Å². The molecule has 0 aliphatic heterocycles. The van der Waals surface area contributed by atoms with Gasteiger partial charge in [-0.2, -0.15) is 0 Å². The highest BCUT2D eigenvalue weighted by atomic mass is 15.2. The largest absolute Gasteiger partial charge is 0.329 e. The Labute approximate surface area is 108 Å². The van der Waals surface area contributed by atoms with Crippen LogP contribution in [0.3, 0.4) is 0 Å². The summed E-state index contributed by atoms with van der Waals surface area (Å²) in [5, 5.41) is 0. The lowest BCUT2D eigenvalue weighted by atomic mass is 9.68. The van der Waals surface area contributed by atoms with Crippen LogP contribution in [0.15, 0.2) is 0 Å². The second-order valence-electron chi connectivity index (χ2n) is 6.84. The number of hydrogen-bond acceptors (Lipinski definition) is 2. The zero-order chi connectivity index (χ0) is 13.1. The Balaban J connectivity index is 2.69. The van der Waals surface area contributed by atoms with Gasteiger partial charge in [-0.25, -0.2) is 0 Å². The van der Waals surface area contributed by atoms with Crippen LogP contribution in [0.5, 0.6) is 0 Å². The molecule has 2 heteroatoms. The molecule has 0 aromatic rings. The van der Waals surface area contributed by atoms with Gasteiger partial charge in [0.05, 0.1) is 0 Å². The monoisotopic (exact) mass is 240 g/mol. The summed E-state index contributed by atoms with van der Waals surface area (Å²) in [4.78, 5) is 2.58. The third-order valence-electron chi connectivity index (χ3n) is 5.03. The quantitative estimate of drug-likeness (QED) is 0.798. The third kappa shape index (κ3) is 3.45. The fourth-order valence-corrected chi connectivity index (χ4v) is 3.17. The highest BCUT2D eigenvalue weighted by Crippen LogP contribution is 2.42. The van der Waals surface area contributed by atoms with Crippen LogP contribution in [0.2, 0.25) is 0 Å². The fourth-order valence-electron chi connectivity index (χ4n) is 3.17. The van der Waals surface area contributed by atoms with Gasteiger partial charge in [-0.1, -0.05) is 27.2 Å². The van der Waals surface area contributed by atoms with Crippen LogP contribution >= 0.6 is 0 Å². The first-order valence-electron chi connectivity index (χ1n) is 7.30. The Bertz CT molecular complexity index is 225. The summed E-state index contributed by atoms with van der Waals surface area (Å²) in [6.07, 6.45) is 7.70. The summed E-state index contributed by atoms with van der Waals surface area (Å²) in [6, 6.07) is 0.657. The second kappa shape index (κ2) is 5.71. The van der Waals surface area contributed by atoms with Crippen molar-refractivity contribution in [2.75, 3.05) is 13.6 Å². The van der Waals surface area contributed by atoms with Crippen LogP contribution < -0.4 is 5.73 Å². The standard InChI is InChI=1S/C15H32N2/c1-6-7-13(2)17(5)15(12-16)10-8-14(3,4)9-11-15/h13H,6-12,16H2,1-5H3. The summed E-state index contributed by atoms with van der Waals surface area (Å²) in [5.74, 6) is 0. The molecule has 102 valence electrons. The second-order valence-corrected chi connectivity index (χ2v) is 6.84. The third-order valence-corrected chi connectivity index (χ3v) is 5.03. The van der Waals surface area contributed by atoms with Gasteiger partial charge in [-0.3, -0.25) is 4.90 Å². The molecule has 0 radical (unpaired) electrons. The lowest BCUT2D eigenvalue weighted by Gasteiger charge is -2.50. The van der Waals surface area contributed by atoms with E-state index in [0.717, 1.165) is 6.54 Å². The Morgan fingerprint density at radius 2 is 1.71 bits per heavy atom. The highest BCUT2D eigenvalue weighted by molar-refractivity contribution is 4.98. The van der Waals surface area contributed by atoms with Gasteiger partial charge in [-0.05, 0) is 51.5 Å². The molecular formula is C15H32N2. The van der Waals surface area contributed by atoms with Crippen molar-refractivity contribution in [2.45, 2.75) is 77.8 Å². The molecule has 0 bridgehead atoms. The minimum Gasteiger partial charge on any atom is -0.329 e. The lowest BCUT2D eigenvalue weighted by Crippen LogP contribution is -2.57. The van der Waals surface area contributed by atoms with Gasteiger partial charge in [0.1, 0.15) is 0 Å². The van der Waals surface area contributed by atoms with Gasteiger partial charge in [0.25, 0.3) is 0 Å². The van der Waals surface area contributed by atoms with Crippen LogP contribution in [0.4, 0.5) is 0 Å². The zero-order valence-electron chi connectivity index (χ0n) is 12.6. The van der Waals surface area contributed by atoms with E-state index in [1.54, 1.807) is 0 Å². The van der Waals surface area contributed by atoms with Crippen molar-refractivity contribution in [1.29, 1.82) is 0 Å². The maximum Gasteiger partial charge on any atom is 0.0331 e. The van der Waals surface area contributed by atoms with Crippen LogP contribution in [-0.4, -0.2) is 30.1 Å². The Morgan fingerprint density at radius 3 is 2.12 bits per heavy atom. The number of nitrogens with zero attached hydrogens (tertiary/aromatic N) is 1. The summed E-state index contributed by atoms with van der Waals surface area (Å²) >= 11 is 0. The zero-order valence-corrected chi connectivity index (χ0v) is 12.6. The van der Waals surface area contributed by atoms with E-state index in [2.05, 4.69) is 39.6 Å². The molecule has 0 spiro atoms. The van der Waals surface area contributed by atoms with E-state index in [1.807, 2.05) is 0 Å². The van der Waals surface area contributed by atoms with Crippen molar-refractivity contribution < 1.29 is 0 Å². The smallest absolute Gasteiger partial charge is 0.0331 e. The lowest BCUT2D eigenvalue weighted by molar-refractivity contribution is 0.0150. The van der Waals surface area contributed by atoms with E-state index in [4.69, 9.17) is 5.73 Å². The Hall–Kier alpha value is -0.0800. The average Bonchev–Trinajstić information content (AvgIpc) is 2.29. The van der Waals surface area contributed by atoms with Gasteiger partial charge >= 0.3 is 0 Å². The maximum atomic E-state index is 6.12. The molecule has 0 amide bonds. The summed E-state index contributed by atoms with van der Waals surface area (Å²) in [5.41, 5.74) is 6.91. The molecule has 1 fully saturated rings. The number of likely N-dealkylation sites (N-methyl/N-ethyl adjacent to an activating group) is 1. The van der Waals surface area contributed by atoms with Crippen molar-refractivity contribution in [3.8, 4) is 0 Å². The molecule has 0 aromatic carbocycles. The molecule has 1 aliphatic carbocycles. The first-order valence-corrected chi connectivity index (χ1v) is 7.30. The van der Waals surface area contributed by atoms with Crippen molar-refractivity contribution in [3.63, 3.8) is 0 Å². The molecule has 2 N–H and O–H groups in total. The predicted molar refractivity (Wildman–Crippen MR) is 76.2 cm³/mol. The summed E-state index contributed by atoms with van der Waals surface area (Å²) in [6.45, 7) is 10.2. The normalized spacial score (nSPS) is 24.9. The van der Waals surface area contributed by atoms with Crippen LogP contribution in [0.1, 0.15) is 66.2 Å². The molecule has 0 saturated heterocycles. The highest BCUT2D eigenvalue weighted by Gasteiger charge is 2.41. The molecule has 1 saturated carbocycles. The molecule has 17 heavy (non-hydrogen) atoms. The van der Waals surface area contributed by atoms with Gasteiger partial charge in [0.15, 0.2) is 0 Å².